The standard InChI is InChI=1S/C15H28/c1-10-6-8-13-11(2)7-9-14(13)15(4,5)12(10)3/h10-14H,6-9H2,1-5H3/t10?,11?,12-,13?,14?/m0/s1. The van der Waals surface area contributed by atoms with Crippen LogP contribution in [-0.4, -0.2) is 0 Å². The van der Waals surface area contributed by atoms with Gasteiger partial charge in [0.1, 0.15) is 0 Å². The number of rotatable bonds is 0. The average Bonchev–Trinajstić information content (AvgIpc) is 2.51. The predicted molar refractivity (Wildman–Crippen MR) is 66.7 cm³/mol. The number of fused-ring (bicyclic) bond motifs is 1. The summed E-state index contributed by atoms with van der Waals surface area (Å²) in [5, 5.41) is 0. The van der Waals surface area contributed by atoms with E-state index >= 15 is 0 Å². The van der Waals surface area contributed by atoms with Crippen molar-refractivity contribution in [3.63, 3.8) is 0 Å². The first-order valence-corrected chi connectivity index (χ1v) is 6.94. The van der Waals surface area contributed by atoms with E-state index in [1.54, 1.807) is 0 Å². The van der Waals surface area contributed by atoms with Gasteiger partial charge in [-0.25, -0.2) is 0 Å². The van der Waals surface area contributed by atoms with Crippen molar-refractivity contribution in [2.24, 2.45) is 35.0 Å². The van der Waals surface area contributed by atoms with Crippen molar-refractivity contribution < 1.29 is 0 Å². The Kier molecular flexibility index (Phi) is 2.90. The molecule has 0 heterocycles. The van der Waals surface area contributed by atoms with Gasteiger partial charge in [-0.2, -0.15) is 0 Å². The highest BCUT2D eigenvalue weighted by atomic mass is 14.5. The summed E-state index contributed by atoms with van der Waals surface area (Å²) in [6.45, 7) is 12.5. The van der Waals surface area contributed by atoms with E-state index in [4.69, 9.17) is 0 Å². The molecule has 0 nitrogen and oxygen atoms in total. The Labute approximate surface area is 95.8 Å². The maximum absolute atomic E-state index is 2.54. The first-order valence-electron chi connectivity index (χ1n) is 6.94. The van der Waals surface area contributed by atoms with Crippen LogP contribution < -0.4 is 0 Å². The fourth-order valence-electron chi connectivity index (χ4n) is 4.45. The van der Waals surface area contributed by atoms with Crippen molar-refractivity contribution in [2.45, 2.75) is 60.3 Å². The third-order valence-corrected chi connectivity index (χ3v) is 6.12. The van der Waals surface area contributed by atoms with E-state index in [0.29, 0.717) is 5.41 Å². The Morgan fingerprint density at radius 3 is 2.07 bits per heavy atom. The molecule has 15 heavy (non-hydrogen) atoms. The molecule has 2 aliphatic carbocycles. The van der Waals surface area contributed by atoms with E-state index in [1.165, 1.54) is 25.7 Å². The smallest absolute Gasteiger partial charge is 0.0295 e. The molecule has 0 bridgehead atoms. The molecular formula is C15H28. The van der Waals surface area contributed by atoms with Gasteiger partial charge in [-0.1, -0.05) is 47.5 Å². The van der Waals surface area contributed by atoms with Crippen LogP contribution in [-0.2, 0) is 0 Å². The van der Waals surface area contributed by atoms with Crippen molar-refractivity contribution in [1.29, 1.82) is 0 Å². The van der Waals surface area contributed by atoms with Crippen LogP contribution in [0, 0.1) is 35.0 Å². The van der Waals surface area contributed by atoms with Gasteiger partial charge in [0.05, 0.1) is 0 Å². The first-order chi connectivity index (χ1) is 6.94. The Morgan fingerprint density at radius 1 is 0.800 bits per heavy atom. The first kappa shape index (κ1) is 11.5. The normalized spacial score (nSPS) is 49.8. The Bertz CT molecular complexity index is 228. The minimum Gasteiger partial charge on any atom is -0.0622 e. The fourth-order valence-corrected chi connectivity index (χ4v) is 4.45. The molecule has 0 aromatic heterocycles. The molecule has 0 radical (unpaired) electrons. The van der Waals surface area contributed by atoms with Gasteiger partial charge in [0.2, 0.25) is 0 Å². The molecule has 0 aromatic carbocycles. The highest BCUT2D eigenvalue weighted by molar-refractivity contribution is 4.96. The fraction of sp³-hybridized carbons (Fsp3) is 1.00. The third-order valence-electron chi connectivity index (χ3n) is 6.12. The van der Waals surface area contributed by atoms with E-state index in [1.807, 2.05) is 0 Å². The predicted octanol–water partition coefficient (Wildman–Crippen LogP) is 4.74. The lowest BCUT2D eigenvalue weighted by atomic mass is 9.65. The van der Waals surface area contributed by atoms with Gasteiger partial charge in [-0.3, -0.25) is 0 Å². The Balaban J connectivity index is 2.26. The summed E-state index contributed by atoms with van der Waals surface area (Å²) in [6, 6.07) is 0. The number of hydrogen-bond donors (Lipinski definition) is 0. The second kappa shape index (κ2) is 3.79. The van der Waals surface area contributed by atoms with E-state index in [-0.39, 0.29) is 0 Å². The van der Waals surface area contributed by atoms with Gasteiger partial charge in [0, 0.05) is 0 Å². The molecule has 0 N–H and O–H groups in total. The van der Waals surface area contributed by atoms with Crippen molar-refractivity contribution >= 4 is 0 Å². The summed E-state index contributed by atoms with van der Waals surface area (Å²) < 4.78 is 0. The lowest BCUT2D eigenvalue weighted by Crippen LogP contribution is -2.34. The maximum Gasteiger partial charge on any atom is -0.0295 e. The van der Waals surface area contributed by atoms with Crippen LogP contribution >= 0.6 is 0 Å². The molecule has 2 rings (SSSR count). The summed E-state index contributed by atoms with van der Waals surface area (Å²) in [6.07, 6.45) is 5.95. The maximum atomic E-state index is 2.54. The average molecular weight is 208 g/mol. The number of hydrogen-bond acceptors (Lipinski definition) is 0. The quantitative estimate of drug-likeness (QED) is 0.539. The largest absolute Gasteiger partial charge is 0.0622 e. The topological polar surface area (TPSA) is 0 Å². The van der Waals surface area contributed by atoms with Gasteiger partial charge in [0.25, 0.3) is 0 Å². The highest BCUT2D eigenvalue weighted by Crippen LogP contribution is 2.55. The van der Waals surface area contributed by atoms with E-state index in [0.717, 1.165) is 29.6 Å². The van der Waals surface area contributed by atoms with Crippen LogP contribution in [0.4, 0.5) is 0 Å². The van der Waals surface area contributed by atoms with Crippen molar-refractivity contribution in [3.05, 3.63) is 0 Å². The zero-order valence-electron chi connectivity index (χ0n) is 11.2. The minimum atomic E-state index is 0.575. The van der Waals surface area contributed by atoms with Gasteiger partial charge in [-0.05, 0) is 47.8 Å². The van der Waals surface area contributed by atoms with Gasteiger partial charge < -0.3 is 0 Å². The summed E-state index contributed by atoms with van der Waals surface area (Å²) >= 11 is 0. The molecule has 0 amide bonds. The van der Waals surface area contributed by atoms with Crippen molar-refractivity contribution in [1.82, 2.24) is 0 Å². The SMILES string of the molecule is CC1CCC2C1CCC(C)[C@H](C)C2(C)C. The second-order valence-corrected chi connectivity index (χ2v) is 6.99. The molecule has 0 aliphatic heterocycles. The molecule has 2 saturated carbocycles. The van der Waals surface area contributed by atoms with Crippen LogP contribution in [0.2, 0.25) is 0 Å². The lowest BCUT2D eigenvalue weighted by Gasteiger charge is -2.40. The molecule has 0 aromatic rings. The molecule has 2 fully saturated rings. The molecule has 0 spiro atoms. The second-order valence-electron chi connectivity index (χ2n) is 6.99. The van der Waals surface area contributed by atoms with Crippen LogP contribution in [0.3, 0.4) is 0 Å². The molecule has 4 unspecified atom stereocenters. The molecule has 0 saturated heterocycles. The van der Waals surface area contributed by atoms with Crippen LogP contribution in [0.5, 0.6) is 0 Å². The zero-order chi connectivity index (χ0) is 11.2. The van der Waals surface area contributed by atoms with Crippen molar-refractivity contribution in [3.8, 4) is 0 Å². The summed E-state index contributed by atoms with van der Waals surface area (Å²) in [5.41, 5.74) is 0.575. The minimum absolute atomic E-state index is 0.575. The monoisotopic (exact) mass is 208 g/mol. The van der Waals surface area contributed by atoms with E-state index < -0.39 is 0 Å². The summed E-state index contributed by atoms with van der Waals surface area (Å²) in [5.74, 6) is 4.86. The zero-order valence-corrected chi connectivity index (χ0v) is 11.2. The Hall–Kier alpha value is 0. The highest BCUT2D eigenvalue weighted by Gasteiger charge is 2.47. The van der Waals surface area contributed by atoms with E-state index in [2.05, 4.69) is 34.6 Å². The molecule has 0 heteroatoms. The van der Waals surface area contributed by atoms with E-state index in [9.17, 15) is 0 Å². The molecule has 88 valence electrons. The van der Waals surface area contributed by atoms with Crippen molar-refractivity contribution in [2.75, 3.05) is 0 Å². The van der Waals surface area contributed by atoms with Gasteiger partial charge in [-0.15, -0.1) is 0 Å². The summed E-state index contributed by atoms with van der Waals surface area (Å²) in [7, 11) is 0. The van der Waals surface area contributed by atoms with Crippen LogP contribution in [0.25, 0.3) is 0 Å². The Morgan fingerprint density at radius 2 is 1.40 bits per heavy atom. The third kappa shape index (κ3) is 1.74. The van der Waals surface area contributed by atoms with Crippen LogP contribution in [0.15, 0.2) is 0 Å². The van der Waals surface area contributed by atoms with Crippen LogP contribution in [0.1, 0.15) is 60.3 Å². The molecular weight excluding hydrogens is 180 g/mol. The molecule has 2 aliphatic rings. The lowest BCUT2D eigenvalue weighted by molar-refractivity contribution is 0.0818. The van der Waals surface area contributed by atoms with Gasteiger partial charge in [0.15, 0.2) is 0 Å². The molecule has 5 atom stereocenters. The van der Waals surface area contributed by atoms with Gasteiger partial charge >= 0.3 is 0 Å². The summed E-state index contributed by atoms with van der Waals surface area (Å²) in [4.78, 5) is 0.